The van der Waals surface area contributed by atoms with Crippen LogP contribution < -0.4 is 0 Å². The standard InChI is InChI=1S/C19H31NO6/c1-5-15(26-14(3)21)10-19(4,18(23)25-12-16-11-24-16)9-13(2)20-8-6-7-17(20)22/h13,15-16H,5-12H2,1-4H3. The van der Waals surface area contributed by atoms with Crippen molar-refractivity contribution in [2.75, 3.05) is 19.8 Å². The van der Waals surface area contributed by atoms with Crippen LogP contribution in [0.5, 0.6) is 0 Å². The zero-order chi connectivity index (χ0) is 19.3. The molecule has 148 valence electrons. The first-order valence-electron chi connectivity index (χ1n) is 9.50. The Hall–Kier alpha value is -1.63. The van der Waals surface area contributed by atoms with Crippen LogP contribution in [-0.4, -0.2) is 60.8 Å². The number of esters is 2. The lowest BCUT2D eigenvalue weighted by Crippen LogP contribution is -2.43. The number of carbonyl (C=O) groups excluding carboxylic acids is 3. The molecule has 0 bridgehead atoms. The van der Waals surface area contributed by atoms with E-state index >= 15 is 0 Å². The molecule has 0 radical (unpaired) electrons. The van der Waals surface area contributed by atoms with Gasteiger partial charge in [-0.05, 0) is 33.1 Å². The van der Waals surface area contributed by atoms with Gasteiger partial charge in [0.25, 0.3) is 0 Å². The van der Waals surface area contributed by atoms with E-state index in [4.69, 9.17) is 14.2 Å². The molecule has 1 amide bonds. The van der Waals surface area contributed by atoms with Gasteiger partial charge in [0, 0.05) is 32.4 Å². The zero-order valence-corrected chi connectivity index (χ0v) is 16.3. The highest BCUT2D eigenvalue weighted by atomic mass is 16.6. The van der Waals surface area contributed by atoms with Crippen molar-refractivity contribution in [3.8, 4) is 0 Å². The van der Waals surface area contributed by atoms with Gasteiger partial charge in [-0.3, -0.25) is 14.4 Å². The van der Waals surface area contributed by atoms with Gasteiger partial charge in [0.2, 0.25) is 5.91 Å². The summed E-state index contributed by atoms with van der Waals surface area (Å²) in [6.07, 6.45) is 2.52. The minimum Gasteiger partial charge on any atom is -0.463 e. The van der Waals surface area contributed by atoms with Crippen LogP contribution >= 0.6 is 0 Å². The molecule has 2 fully saturated rings. The SMILES string of the molecule is CCC(CC(C)(CC(C)N1CCCC1=O)C(=O)OCC1CO1)OC(C)=O. The van der Waals surface area contributed by atoms with Crippen molar-refractivity contribution < 1.29 is 28.6 Å². The van der Waals surface area contributed by atoms with Crippen LogP contribution in [0, 0.1) is 5.41 Å². The van der Waals surface area contributed by atoms with Crippen molar-refractivity contribution in [3.63, 3.8) is 0 Å². The third-order valence-electron chi connectivity index (χ3n) is 5.15. The molecule has 0 aromatic carbocycles. The monoisotopic (exact) mass is 369 g/mol. The lowest BCUT2D eigenvalue weighted by atomic mass is 9.78. The number of ether oxygens (including phenoxy) is 3. The van der Waals surface area contributed by atoms with E-state index in [0.717, 1.165) is 13.0 Å². The molecule has 0 aliphatic carbocycles. The molecule has 2 heterocycles. The molecule has 4 atom stereocenters. The molecule has 0 aromatic heterocycles. The molecule has 7 nitrogen and oxygen atoms in total. The predicted octanol–water partition coefficient (Wildman–Crippen LogP) is 2.07. The van der Waals surface area contributed by atoms with Crippen LogP contribution in [0.2, 0.25) is 0 Å². The van der Waals surface area contributed by atoms with Gasteiger partial charge in [0.15, 0.2) is 0 Å². The highest BCUT2D eigenvalue weighted by Gasteiger charge is 2.42. The van der Waals surface area contributed by atoms with Gasteiger partial charge in [-0.1, -0.05) is 6.92 Å². The third kappa shape index (κ3) is 5.69. The van der Waals surface area contributed by atoms with Gasteiger partial charge in [-0.25, -0.2) is 0 Å². The van der Waals surface area contributed by atoms with Gasteiger partial charge in [0.1, 0.15) is 18.8 Å². The fourth-order valence-corrected chi connectivity index (χ4v) is 3.66. The second-order valence-corrected chi connectivity index (χ2v) is 7.70. The van der Waals surface area contributed by atoms with E-state index in [0.29, 0.717) is 32.3 Å². The molecule has 2 aliphatic rings. The van der Waals surface area contributed by atoms with Crippen molar-refractivity contribution in [2.45, 2.75) is 78.0 Å². The summed E-state index contributed by atoms with van der Waals surface area (Å²) in [5, 5.41) is 0. The van der Waals surface area contributed by atoms with Crippen LogP contribution in [0.3, 0.4) is 0 Å². The van der Waals surface area contributed by atoms with Crippen LogP contribution in [-0.2, 0) is 28.6 Å². The maximum Gasteiger partial charge on any atom is 0.312 e. The summed E-state index contributed by atoms with van der Waals surface area (Å²) in [5.41, 5.74) is -0.840. The maximum absolute atomic E-state index is 12.8. The van der Waals surface area contributed by atoms with Crippen molar-refractivity contribution in [1.29, 1.82) is 0 Å². The Morgan fingerprint density at radius 3 is 2.58 bits per heavy atom. The highest BCUT2D eigenvalue weighted by Crippen LogP contribution is 2.35. The maximum atomic E-state index is 12.8. The Morgan fingerprint density at radius 2 is 2.08 bits per heavy atom. The van der Waals surface area contributed by atoms with Crippen molar-refractivity contribution in [1.82, 2.24) is 4.90 Å². The molecule has 2 saturated heterocycles. The van der Waals surface area contributed by atoms with E-state index in [-0.39, 0.29) is 42.7 Å². The van der Waals surface area contributed by atoms with E-state index in [1.807, 2.05) is 25.7 Å². The van der Waals surface area contributed by atoms with Crippen molar-refractivity contribution in [2.24, 2.45) is 5.41 Å². The highest BCUT2D eigenvalue weighted by molar-refractivity contribution is 5.79. The molecule has 7 heteroatoms. The fourth-order valence-electron chi connectivity index (χ4n) is 3.66. The Bertz CT molecular complexity index is 532. The Labute approximate surface area is 155 Å². The molecule has 0 spiro atoms. The Morgan fingerprint density at radius 1 is 1.38 bits per heavy atom. The topological polar surface area (TPSA) is 85.4 Å². The van der Waals surface area contributed by atoms with Gasteiger partial charge < -0.3 is 19.1 Å². The number of likely N-dealkylation sites (tertiary alicyclic amines) is 1. The normalized spacial score (nSPS) is 23.9. The van der Waals surface area contributed by atoms with Crippen LogP contribution in [0.25, 0.3) is 0 Å². The first kappa shape index (κ1) is 20.7. The van der Waals surface area contributed by atoms with E-state index in [2.05, 4.69) is 0 Å². The first-order chi connectivity index (χ1) is 12.2. The summed E-state index contributed by atoms with van der Waals surface area (Å²) in [6.45, 7) is 8.68. The summed E-state index contributed by atoms with van der Waals surface area (Å²) >= 11 is 0. The minimum absolute atomic E-state index is 0.00350. The number of hydrogen-bond donors (Lipinski definition) is 0. The summed E-state index contributed by atoms with van der Waals surface area (Å²) in [7, 11) is 0. The number of epoxide rings is 1. The summed E-state index contributed by atoms with van der Waals surface area (Å²) in [6, 6.07) is -0.0745. The van der Waals surface area contributed by atoms with Crippen LogP contribution in [0.4, 0.5) is 0 Å². The molecule has 0 N–H and O–H groups in total. The number of amides is 1. The lowest BCUT2D eigenvalue weighted by Gasteiger charge is -2.35. The quantitative estimate of drug-likeness (QED) is 0.433. The molecule has 0 saturated carbocycles. The second kappa shape index (κ2) is 8.84. The van der Waals surface area contributed by atoms with E-state index in [1.54, 1.807) is 0 Å². The smallest absolute Gasteiger partial charge is 0.312 e. The zero-order valence-electron chi connectivity index (χ0n) is 16.3. The van der Waals surface area contributed by atoms with E-state index < -0.39 is 5.41 Å². The number of carbonyl (C=O) groups is 3. The number of rotatable bonds is 10. The fraction of sp³-hybridized carbons (Fsp3) is 0.842. The second-order valence-electron chi connectivity index (χ2n) is 7.70. The number of hydrogen-bond acceptors (Lipinski definition) is 6. The van der Waals surface area contributed by atoms with E-state index in [9.17, 15) is 14.4 Å². The molecule has 4 unspecified atom stereocenters. The van der Waals surface area contributed by atoms with Gasteiger partial charge in [0.05, 0.1) is 12.0 Å². The Balaban J connectivity index is 2.08. The molecule has 26 heavy (non-hydrogen) atoms. The van der Waals surface area contributed by atoms with E-state index in [1.165, 1.54) is 6.92 Å². The predicted molar refractivity (Wildman–Crippen MR) is 94.3 cm³/mol. The summed E-state index contributed by atoms with van der Waals surface area (Å²) in [5.74, 6) is -0.551. The minimum atomic E-state index is -0.840. The average Bonchev–Trinajstić information content (AvgIpc) is 3.30. The number of nitrogens with zero attached hydrogens (tertiary/aromatic N) is 1. The Kier molecular flexibility index (Phi) is 7.03. The first-order valence-corrected chi connectivity index (χ1v) is 9.50. The largest absolute Gasteiger partial charge is 0.463 e. The van der Waals surface area contributed by atoms with Crippen LogP contribution in [0.1, 0.15) is 59.8 Å². The summed E-state index contributed by atoms with van der Waals surface area (Å²) < 4.78 is 15.9. The molecule has 2 aliphatic heterocycles. The third-order valence-corrected chi connectivity index (χ3v) is 5.15. The van der Waals surface area contributed by atoms with Gasteiger partial charge >= 0.3 is 11.9 Å². The molecule has 0 aromatic rings. The van der Waals surface area contributed by atoms with Crippen molar-refractivity contribution in [3.05, 3.63) is 0 Å². The summed E-state index contributed by atoms with van der Waals surface area (Å²) in [4.78, 5) is 38.1. The van der Waals surface area contributed by atoms with Gasteiger partial charge in [-0.15, -0.1) is 0 Å². The van der Waals surface area contributed by atoms with Crippen LogP contribution in [0.15, 0.2) is 0 Å². The molecular formula is C19H31NO6. The lowest BCUT2D eigenvalue weighted by molar-refractivity contribution is -0.163. The van der Waals surface area contributed by atoms with Gasteiger partial charge in [-0.2, -0.15) is 0 Å². The molecule has 2 rings (SSSR count). The van der Waals surface area contributed by atoms with Crippen molar-refractivity contribution >= 4 is 17.8 Å². The molecular weight excluding hydrogens is 338 g/mol. The average molecular weight is 369 g/mol.